The molecule has 168 valence electrons. The molecule has 1 aliphatic rings. The van der Waals surface area contributed by atoms with Gasteiger partial charge in [0.2, 0.25) is 5.91 Å². The van der Waals surface area contributed by atoms with Crippen molar-refractivity contribution < 1.29 is 14.3 Å². The van der Waals surface area contributed by atoms with Crippen LogP contribution in [0.2, 0.25) is 0 Å². The van der Waals surface area contributed by atoms with Crippen molar-refractivity contribution in [3.05, 3.63) is 65.7 Å². The second-order valence-corrected chi connectivity index (χ2v) is 8.82. The molecule has 1 aromatic heterocycles. The SMILES string of the molecule is COc1ccc([C@H](CNC(=O)CSc2cc(C)c3ccccc3n2)N2CCOCC2)cc1. The zero-order chi connectivity index (χ0) is 22.3. The van der Waals surface area contributed by atoms with Gasteiger partial charge in [-0.3, -0.25) is 9.69 Å². The van der Waals surface area contributed by atoms with Crippen molar-refractivity contribution in [1.82, 2.24) is 15.2 Å². The fraction of sp³-hybridized carbons (Fsp3) is 0.360. The summed E-state index contributed by atoms with van der Waals surface area (Å²) in [6.45, 7) is 5.75. The number of benzene rings is 2. The number of para-hydroxylation sites is 1. The molecular formula is C25H29N3O3S. The predicted octanol–water partition coefficient (Wildman–Crippen LogP) is 3.83. The van der Waals surface area contributed by atoms with Crippen LogP contribution >= 0.6 is 11.8 Å². The lowest BCUT2D eigenvalue weighted by Gasteiger charge is -2.35. The molecule has 2 aromatic carbocycles. The number of pyridine rings is 1. The number of carbonyl (C=O) groups excluding carboxylic acids is 1. The van der Waals surface area contributed by atoms with Gasteiger partial charge in [0.25, 0.3) is 0 Å². The third-order valence-electron chi connectivity index (χ3n) is 5.73. The lowest BCUT2D eigenvalue weighted by Crippen LogP contribution is -2.44. The van der Waals surface area contributed by atoms with Crippen LogP contribution in [-0.4, -0.2) is 61.5 Å². The van der Waals surface area contributed by atoms with Gasteiger partial charge in [0, 0.05) is 25.0 Å². The van der Waals surface area contributed by atoms with Gasteiger partial charge in [0.15, 0.2) is 0 Å². The lowest BCUT2D eigenvalue weighted by atomic mass is 10.0. The number of ether oxygens (including phenoxy) is 2. The highest BCUT2D eigenvalue weighted by Crippen LogP contribution is 2.25. The molecule has 1 aliphatic heterocycles. The molecule has 6 nitrogen and oxygen atoms in total. The molecule has 1 N–H and O–H groups in total. The third kappa shape index (κ3) is 5.59. The zero-order valence-electron chi connectivity index (χ0n) is 18.5. The lowest BCUT2D eigenvalue weighted by molar-refractivity contribution is -0.118. The summed E-state index contributed by atoms with van der Waals surface area (Å²) >= 11 is 1.47. The zero-order valence-corrected chi connectivity index (χ0v) is 19.4. The van der Waals surface area contributed by atoms with Crippen LogP contribution in [0.3, 0.4) is 0 Å². The van der Waals surface area contributed by atoms with Crippen molar-refractivity contribution >= 4 is 28.6 Å². The first-order valence-corrected chi connectivity index (χ1v) is 11.8. The monoisotopic (exact) mass is 451 g/mol. The van der Waals surface area contributed by atoms with Crippen LogP contribution in [0.4, 0.5) is 0 Å². The molecule has 0 aliphatic carbocycles. The van der Waals surface area contributed by atoms with E-state index >= 15 is 0 Å². The number of rotatable bonds is 8. The first-order chi connectivity index (χ1) is 15.6. The minimum Gasteiger partial charge on any atom is -0.497 e. The molecule has 1 fully saturated rings. The summed E-state index contributed by atoms with van der Waals surface area (Å²) in [6, 6.07) is 18.3. The Morgan fingerprint density at radius 2 is 1.94 bits per heavy atom. The van der Waals surface area contributed by atoms with Crippen molar-refractivity contribution in [3.8, 4) is 5.75 Å². The van der Waals surface area contributed by atoms with E-state index in [2.05, 4.69) is 40.3 Å². The summed E-state index contributed by atoms with van der Waals surface area (Å²) in [5, 5.41) is 5.15. The van der Waals surface area contributed by atoms with Crippen molar-refractivity contribution in [2.24, 2.45) is 0 Å². The van der Waals surface area contributed by atoms with E-state index in [9.17, 15) is 4.79 Å². The molecule has 32 heavy (non-hydrogen) atoms. The Hall–Kier alpha value is -2.61. The number of fused-ring (bicyclic) bond motifs is 1. The molecule has 0 bridgehead atoms. The van der Waals surface area contributed by atoms with Gasteiger partial charge in [-0.15, -0.1) is 0 Å². The van der Waals surface area contributed by atoms with Crippen LogP contribution in [0.15, 0.2) is 59.6 Å². The molecule has 1 amide bonds. The number of nitrogens with zero attached hydrogens (tertiary/aromatic N) is 2. The number of nitrogens with one attached hydrogen (secondary N) is 1. The number of hydrogen-bond acceptors (Lipinski definition) is 6. The average Bonchev–Trinajstić information content (AvgIpc) is 2.84. The van der Waals surface area contributed by atoms with Crippen LogP contribution in [0.25, 0.3) is 10.9 Å². The van der Waals surface area contributed by atoms with Gasteiger partial charge in [0.1, 0.15) is 5.75 Å². The maximum atomic E-state index is 12.7. The first kappa shape index (κ1) is 22.6. The van der Waals surface area contributed by atoms with Gasteiger partial charge < -0.3 is 14.8 Å². The Kier molecular flexibility index (Phi) is 7.63. The molecule has 0 unspecified atom stereocenters. The smallest absolute Gasteiger partial charge is 0.230 e. The minimum atomic E-state index is 0.00869. The number of hydrogen-bond donors (Lipinski definition) is 1. The topological polar surface area (TPSA) is 63.7 Å². The van der Waals surface area contributed by atoms with E-state index in [-0.39, 0.29) is 11.9 Å². The van der Waals surface area contributed by atoms with Gasteiger partial charge in [-0.1, -0.05) is 42.1 Å². The Morgan fingerprint density at radius 3 is 2.69 bits per heavy atom. The second-order valence-electron chi connectivity index (χ2n) is 7.82. The van der Waals surface area contributed by atoms with Crippen molar-refractivity contribution in [2.45, 2.75) is 18.0 Å². The number of aromatic nitrogens is 1. The molecule has 0 radical (unpaired) electrons. The van der Waals surface area contributed by atoms with Crippen molar-refractivity contribution in [1.29, 1.82) is 0 Å². The van der Waals surface area contributed by atoms with Crippen molar-refractivity contribution in [3.63, 3.8) is 0 Å². The molecule has 7 heteroatoms. The van der Waals surface area contributed by atoms with E-state index in [1.165, 1.54) is 17.3 Å². The fourth-order valence-corrected chi connectivity index (χ4v) is 4.77. The van der Waals surface area contributed by atoms with Gasteiger partial charge in [-0.05, 0) is 42.3 Å². The highest BCUT2D eigenvalue weighted by atomic mass is 32.2. The molecule has 1 saturated heterocycles. The number of morpholine rings is 1. The van der Waals surface area contributed by atoms with Crippen LogP contribution < -0.4 is 10.1 Å². The van der Waals surface area contributed by atoms with Crippen LogP contribution in [0, 0.1) is 6.92 Å². The van der Waals surface area contributed by atoms with Crippen LogP contribution in [0.1, 0.15) is 17.2 Å². The molecule has 0 saturated carbocycles. The van der Waals surface area contributed by atoms with E-state index in [1.54, 1.807) is 7.11 Å². The summed E-state index contributed by atoms with van der Waals surface area (Å²) in [5.41, 5.74) is 3.29. The second kappa shape index (κ2) is 10.8. The number of methoxy groups -OCH3 is 1. The number of carbonyl (C=O) groups is 1. The predicted molar refractivity (Wildman–Crippen MR) is 128 cm³/mol. The van der Waals surface area contributed by atoms with E-state index in [0.29, 0.717) is 25.5 Å². The number of aryl methyl sites for hydroxylation is 1. The van der Waals surface area contributed by atoms with Crippen LogP contribution in [0.5, 0.6) is 5.75 Å². The molecular weight excluding hydrogens is 422 g/mol. The Labute approximate surface area is 193 Å². The summed E-state index contributed by atoms with van der Waals surface area (Å²) in [4.78, 5) is 19.7. The van der Waals surface area contributed by atoms with Gasteiger partial charge in [0.05, 0.1) is 42.7 Å². The summed E-state index contributed by atoms with van der Waals surface area (Å²) in [5.74, 6) is 1.17. The maximum absolute atomic E-state index is 12.7. The minimum absolute atomic E-state index is 0.00869. The summed E-state index contributed by atoms with van der Waals surface area (Å²) < 4.78 is 10.8. The maximum Gasteiger partial charge on any atom is 0.230 e. The standard InChI is InChI=1S/C25H29N3O3S/c1-18-15-25(27-22-6-4-3-5-21(18)22)32-17-24(29)26-16-23(28-11-13-31-14-12-28)19-7-9-20(30-2)10-8-19/h3-10,15,23H,11-14,16-17H2,1-2H3,(H,26,29)/t23-/m0/s1. The molecule has 1 atom stereocenters. The Morgan fingerprint density at radius 1 is 1.19 bits per heavy atom. The van der Waals surface area contributed by atoms with Gasteiger partial charge in [-0.25, -0.2) is 4.98 Å². The fourth-order valence-electron chi connectivity index (χ4n) is 3.97. The van der Waals surface area contributed by atoms with Gasteiger partial charge in [-0.2, -0.15) is 0 Å². The highest BCUT2D eigenvalue weighted by Gasteiger charge is 2.23. The van der Waals surface area contributed by atoms with E-state index in [1.807, 2.05) is 36.4 Å². The first-order valence-electron chi connectivity index (χ1n) is 10.9. The average molecular weight is 452 g/mol. The largest absolute Gasteiger partial charge is 0.497 e. The Balaban J connectivity index is 1.38. The summed E-state index contributed by atoms with van der Waals surface area (Å²) in [6.07, 6.45) is 0. The van der Waals surface area contributed by atoms with Crippen molar-refractivity contribution in [2.75, 3.05) is 45.7 Å². The van der Waals surface area contributed by atoms with E-state index < -0.39 is 0 Å². The molecule has 3 aromatic rings. The highest BCUT2D eigenvalue weighted by molar-refractivity contribution is 7.99. The molecule has 2 heterocycles. The van der Waals surface area contributed by atoms with E-state index in [4.69, 9.17) is 9.47 Å². The van der Waals surface area contributed by atoms with Crippen LogP contribution in [-0.2, 0) is 9.53 Å². The van der Waals surface area contributed by atoms with E-state index in [0.717, 1.165) is 40.3 Å². The number of thioether (sulfide) groups is 1. The van der Waals surface area contributed by atoms with Gasteiger partial charge >= 0.3 is 0 Å². The normalized spacial score (nSPS) is 15.4. The number of amides is 1. The molecule has 4 rings (SSSR count). The Bertz CT molecular complexity index is 1050. The third-order valence-corrected chi connectivity index (χ3v) is 6.64. The quantitative estimate of drug-likeness (QED) is 0.525. The molecule has 0 spiro atoms. The summed E-state index contributed by atoms with van der Waals surface area (Å²) in [7, 11) is 1.66.